The van der Waals surface area contributed by atoms with Gasteiger partial charge in [-0.1, -0.05) is 58.2 Å². The molecule has 0 aromatic rings. The third-order valence-electron chi connectivity index (χ3n) is 2.52. The van der Waals surface area contributed by atoms with E-state index in [9.17, 15) is 9.13 Å². The Bertz CT molecular complexity index is 294. The Morgan fingerprint density at radius 1 is 0.737 bits per heavy atom. The van der Waals surface area contributed by atoms with E-state index in [1.54, 1.807) is 0 Å². The number of rotatable bonds is 5. The van der Waals surface area contributed by atoms with Crippen LogP contribution in [0.5, 0.6) is 0 Å². The Morgan fingerprint density at radius 3 is 0.947 bits per heavy atom. The van der Waals surface area contributed by atoms with Crippen molar-refractivity contribution in [1.82, 2.24) is 0 Å². The van der Waals surface area contributed by atoms with Crippen LogP contribution in [0.15, 0.2) is 0 Å². The molecule has 0 bridgehead atoms. The van der Waals surface area contributed by atoms with Gasteiger partial charge < -0.3 is 19.6 Å². The minimum Gasteiger partial charge on any atom is -0.302 e. The summed E-state index contributed by atoms with van der Waals surface area (Å²) in [6.45, 7) is 14.3. The largest absolute Gasteiger partial charge is 0.478 e. The Hall–Kier alpha value is 0.477. The third kappa shape index (κ3) is 14.7. The van der Waals surface area contributed by atoms with E-state index in [-0.39, 0.29) is 0 Å². The zero-order valence-electron chi connectivity index (χ0n) is 12.2. The van der Waals surface area contributed by atoms with Crippen LogP contribution < -0.4 is 0 Å². The topological polar surface area (TPSA) is 124 Å². The zero-order chi connectivity index (χ0) is 16.0. The van der Waals surface area contributed by atoms with Gasteiger partial charge in [-0.15, -0.1) is 0 Å². The lowest BCUT2D eigenvalue weighted by Gasteiger charge is -2.26. The molecule has 0 aliphatic heterocycles. The lowest BCUT2D eigenvalue weighted by atomic mass is 10.5. The molecule has 0 aromatic carbocycles. The fraction of sp³-hybridized carbons (Fsp3) is 1.00. The number of phosphoric acid groups is 2. The Labute approximate surface area is 116 Å². The Balaban J connectivity index is 0. The second-order valence-electron chi connectivity index (χ2n) is 5.37. The summed E-state index contributed by atoms with van der Waals surface area (Å²) in [5.41, 5.74) is 2.92. The minimum absolute atomic E-state index is 0.454. The molecule has 0 rings (SSSR count). The van der Waals surface area contributed by atoms with Crippen molar-refractivity contribution in [2.24, 2.45) is 0 Å². The van der Waals surface area contributed by atoms with Crippen molar-refractivity contribution in [3.8, 4) is 0 Å². The van der Waals surface area contributed by atoms with E-state index in [0.717, 1.165) is 16.6 Å². The lowest BCUT2D eigenvalue weighted by molar-refractivity contribution is 0.225. The van der Waals surface area contributed by atoms with Crippen LogP contribution in [0.4, 0.5) is 0 Å². The molecule has 0 fully saturated rings. The average Bonchev–Trinajstić information content (AvgIpc) is 1.92. The van der Waals surface area contributed by atoms with Crippen LogP contribution in [0.25, 0.3) is 0 Å². The van der Waals surface area contributed by atoms with E-state index >= 15 is 0 Å². The molecule has 0 aromatic heterocycles. The first-order valence-electron chi connectivity index (χ1n) is 5.99. The summed E-state index contributed by atoms with van der Waals surface area (Å²) in [6, 6.07) is 0. The first kappa shape index (κ1) is 21.8. The molecule has 0 radical (unpaired) electrons. The first-order valence-corrected chi connectivity index (χ1v) is 11.1. The van der Waals surface area contributed by atoms with Gasteiger partial charge in [0.2, 0.25) is 0 Å². The monoisotopic (exact) mass is 336 g/mol. The summed E-state index contributed by atoms with van der Waals surface area (Å²) in [5.74, 6) is 0. The highest BCUT2D eigenvalue weighted by Crippen LogP contribution is 2.53. The number of hydrogen-bond acceptors (Lipinski definition) is 3. The van der Waals surface area contributed by atoms with Gasteiger partial charge in [0, 0.05) is 8.80 Å². The van der Waals surface area contributed by atoms with Gasteiger partial charge in [-0.3, -0.25) is 0 Å². The van der Waals surface area contributed by atoms with Crippen molar-refractivity contribution in [3.63, 3.8) is 0 Å². The molecule has 0 saturated heterocycles. The van der Waals surface area contributed by atoms with Gasteiger partial charge in [0.05, 0.1) is 0 Å². The van der Waals surface area contributed by atoms with Crippen LogP contribution >= 0.6 is 15.6 Å². The van der Waals surface area contributed by atoms with Gasteiger partial charge in [0.15, 0.2) is 0 Å². The molecule has 4 N–H and O–H groups in total. The van der Waals surface area contributed by atoms with Crippen LogP contribution in [0.1, 0.15) is 41.5 Å². The molecule has 0 amide bonds. The molecular formula is C9H26O7P2Si. The minimum atomic E-state index is -5.05. The maximum absolute atomic E-state index is 9.63. The SMILES string of the molecule is CC(C)[SiH](C(C)C)C(C)C.O=P(O)(O)OP(=O)(O)O. The average molecular weight is 336 g/mol. The molecule has 0 spiro atoms. The molecule has 0 aliphatic carbocycles. The smallest absolute Gasteiger partial charge is 0.302 e. The predicted octanol–water partition coefficient (Wildman–Crippen LogP) is 2.63. The Morgan fingerprint density at radius 2 is 0.947 bits per heavy atom. The first-order chi connectivity index (χ1) is 8.17. The number of hydrogen-bond donors (Lipinski definition) is 4. The van der Waals surface area contributed by atoms with Crippen LogP contribution in [0, 0.1) is 0 Å². The molecule has 0 unspecified atom stereocenters. The van der Waals surface area contributed by atoms with E-state index < -0.39 is 24.4 Å². The highest BCUT2D eigenvalue weighted by Gasteiger charge is 2.28. The molecule has 0 saturated carbocycles. The maximum Gasteiger partial charge on any atom is 0.478 e. The standard InChI is InChI=1S/C9H22Si.H4O7P2/c1-7(2)10(8(3)4)9(5)6;1-8(2,3)7-9(4,5)6/h7-10H,1-6H3;(H2,1,2,3)(H2,4,5,6). The van der Waals surface area contributed by atoms with E-state index in [1.807, 2.05) is 0 Å². The van der Waals surface area contributed by atoms with Gasteiger partial charge in [-0.25, -0.2) is 9.13 Å². The van der Waals surface area contributed by atoms with Crippen molar-refractivity contribution in [2.45, 2.75) is 58.2 Å². The molecule has 118 valence electrons. The second-order valence-corrected chi connectivity index (χ2v) is 13.1. The summed E-state index contributed by atoms with van der Waals surface area (Å²) in [7, 11) is -10.6. The van der Waals surface area contributed by atoms with Gasteiger partial charge in [0.1, 0.15) is 0 Å². The van der Waals surface area contributed by atoms with Crippen molar-refractivity contribution in [1.29, 1.82) is 0 Å². The predicted molar refractivity (Wildman–Crippen MR) is 77.6 cm³/mol. The van der Waals surface area contributed by atoms with Gasteiger partial charge in [0.25, 0.3) is 0 Å². The van der Waals surface area contributed by atoms with Gasteiger partial charge in [-0.2, -0.15) is 4.31 Å². The fourth-order valence-electron chi connectivity index (χ4n) is 2.45. The van der Waals surface area contributed by atoms with Crippen molar-refractivity contribution < 1.29 is 33.0 Å². The van der Waals surface area contributed by atoms with Crippen LogP contribution in [0.3, 0.4) is 0 Å². The summed E-state index contributed by atoms with van der Waals surface area (Å²) in [6.07, 6.45) is 0. The van der Waals surface area contributed by atoms with Gasteiger partial charge >= 0.3 is 15.6 Å². The fourth-order valence-corrected chi connectivity index (χ4v) is 8.18. The summed E-state index contributed by atoms with van der Waals surface area (Å²) in [5, 5.41) is 0. The summed E-state index contributed by atoms with van der Waals surface area (Å²) >= 11 is 0. The van der Waals surface area contributed by atoms with Crippen LogP contribution in [-0.2, 0) is 13.4 Å². The molecule has 0 heterocycles. The lowest BCUT2D eigenvalue weighted by Crippen LogP contribution is -2.24. The van der Waals surface area contributed by atoms with E-state index in [1.165, 1.54) is 0 Å². The maximum atomic E-state index is 9.63. The van der Waals surface area contributed by atoms with E-state index in [0.29, 0.717) is 0 Å². The van der Waals surface area contributed by atoms with Crippen molar-refractivity contribution in [3.05, 3.63) is 0 Å². The van der Waals surface area contributed by atoms with Crippen LogP contribution in [-0.4, -0.2) is 28.4 Å². The third-order valence-corrected chi connectivity index (χ3v) is 8.84. The van der Waals surface area contributed by atoms with E-state index in [4.69, 9.17) is 19.6 Å². The summed E-state index contributed by atoms with van der Waals surface area (Å²) in [4.78, 5) is 31.0. The zero-order valence-corrected chi connectivity index (χ0v) is 15.2. The van der Waals surface area contributed by atoms with E-state index in [2.05, 4.69) is 45.9 Å². The highest BCUT2D eigenvalue weighted by molar-refractivity contribution is 7.60. The molecule has 19 heavy (non-hydrogen) atoms. The molecular weight excluding hydrogens is 310 g/mol. The molecule has 10 heteroatoms. The molecule has 7 nitrogen and oxygen atoms in total. The van der Waals surface area contributed by atoms with Crippen LogP contribution in [0.2, 0.25) is 16.6 Å². The highest BCUT2D eigenvalue weighted by atomic mass is 31.3. The molecule has 0 aliphatic rings. The van der Waals surface area contributed by atoms with Crippen molar-refractivity contribution in [2.75, 3.05) is 0 Å². The Kier molecular flexibility index (Phi) is 9.96. The quantitative estimate of drug-likeness (QED) is 0.449. The van der Waals surface area contributed by atoms with Gasteiger partial charge in [-0.05, 0) is 0 Å². The normalized spacial score (nSPS) is 13.2. The van der Waals surface area contributed by atoms with Crippen molar-refractivity contribution >= 4 is 24.4 Å². The summed E-state index contributed by atoms with van der Waals surface area (Å²) < 4.78 is 22.2. The second kappa shape index (κ2) is 8.69. The molecule has 0 atom stereocenters.